The minimum absolute atomic E-state index is 0.000499. The van der Waals surface area contributed by atoms with E-state index in [2.05, 4.69) is 0 Å². The van der Waals surface area contributed by atoms with Crippen LogP contribution in [0.1, 0.15) is 26.3 Å². The highest BCUT2D eigenvalue weighted by Gasteiger charge is 2.45. The molecule has 148 valence electrons. The van der Waals surface area contributed by atoms with Gasteiger partial charge >= 0.3 is 0 Å². The molecule has 0 spiro atoms. The molecule has 1 aliphatic heterocycles. The molecule has 0 unspecified atom stereocenters. The lowest BCUT2D eigenvalue weighted by molar-refractivity contribution is -0.167. The third kappa shape index (κ3) is 4.25. The van der Waals surface area contributed by atoms with E-state index in [-0.39, 0.29) is 12.5 Å². The van der Waals surface area contributed by atoms with Crippen LogP contribution in [0.5, 0.6) is 0 Å². The van der Waals surface area contributed by atoms with Gasteiger partial charge in [0, 0.05) is 18.4 Å². The first-order chi connectivity index (χ1) is 13.2. The van der Waals surface area contributed by atoms with E-state index in [0.717, 1.165) is 16.7 Å². The average Bonchev–Trinajstić information content (AvgIpc) is 2.67. The molecule has 0 aliphatic carbocycles. The van der Waals surface area contributed by atoms with E-state index < -0.39 is 16.9 Å². The number of hydrogen-bond acceptors (Lipinski definition) is 3. The smallest absolute Gasteiger partial charge is 0.251 e. The van der Waals surface area contributed by atoms with E-state index in [0.29, 0.717) is 19.6 Å². The van der Waals surface area contributed by atoms with Crippen LogP contribution in [-0.2, 0) is 20.7 Å². The monoisotopic (exact) mass is 380 g/mol. The number of hydrogen-bond donors (Lipinski definition) is 1. The van der Waals surface area contributed by atoms with Gasteiger partial charge in [-0.25, -0.2) is 0 Å². The Morgan fingerprint density at radius 1 is 1.07 bits per heavy atom. The van der Waals surface area contributed by atoms with E-state index in [1.807, 2.05) is 75.4 Å². The molecule has 0 saturated carbocycles. The van der Waals surface area contributed by atoms with Crippen molar-refractivity contribution in [1.82, 2.24) is 4.90 Å². The third-order valence-electron chi connectivity index (χ3n) is 5.09. The van der Waals surface area contributed by atoms with E-state index >= 15 is 0 Å². The fourth-order valence-electron chi connectivity index (χ4n) is 3.60. The summed E-state index contributed by atoms with van der Waals surface area (Å²) in [6.45, 7) is 6.56. The second-order valence-corrected chi connectivity index (χ2v) is 8.43. The number of ether oxygens (including phenoxy) is 1. The molecule has 0 aromatic heterocycles. The Morgan fingerprint density at radius 2 is 1.75 bits per heavy atom. The van der Waals surface area contributed by atoms with Crippen molar-refractivity contribution in [2.24, 2.45) is 11.1 Å². The molecule has 1 heterocycles. The number of benzene rings is 2. The van der Waals surface area contributed by atoms with Crippen molar-refractivity contribution in [3.8, 4) is 11.1 Å². The SMILES string of the molecule is CC(C)(C)C(=O)N1CCO[C@@](Cc2cccc(-c3ccccc3)c2)(C(N)=O)C1. The lowest BCUT2D eigenvalue weighted by Gasteiger charge is -2.42. The fourth-order valence-corrected chi connectivity index (χ4v) is 3.60. The minimum atomic E-state index is -1.21. The van der Waals surface area contributed by atoms with Crippen LogP contribution in [-0.4, -0.2) is 42.0 Å². The molecule has 0 radical (unpaired) electrons. The lowest BCUT2D eigenvalue weighted by atomic mass is 9.88. The number of carbonyl (C=O) groups excluding carboxylic acids is 2. The molecule has 2 amide bonds. The van der Waals surface area contributed by atoms with E-state index in [1.165, 1.54) is 0 Å². The first-order valence-corrected chi connectivity index (χ1v) is 9.59. The summed E-state index contributed by atoms with van der Waals surface area (Å²) in [7, 11) is 0. The van der Waals surface area contributed by atoms with Gasteiger partial charge < -0.3 is 15.4 Å². The van der Waals surface area contributed by atoms with Gasteiger partial charge in [-0.15, -0.1) is 0 Å². The van der Waals surface area contributed by atoms with Crippen molar-refractivity contribution in [2.45, 2.75) is 32.8 Å². The number of morpholine rings is 1. The number of rotatable bonds is 4. The minimum Gasteiger partial charge on any atom is -0.367 e. The van der Waals surface area contributed by atoms with Crippen LogP contribution in [0.4, 0.5) is 0 Å². The predicted molar refractivity (Wildman–Crippen MR) is 109 cm³/mol. The summed E-state index contributed by atoms with van der Waals surface area (Å²) in [5.41, 5.74) is 7.15. The molecule has 1 aliphatic rings. The van der Waals surface area contributed by atoms with Gasteiger partial charge in [-0.2, -0.15) is 0 Å². The Labute approximate surface area is 166 Å². The molecular formula is C23H28N2O3. The Balaban J connectivity index is 1.87. The van der Waals surface area contributed by atoms with Crippen LogP contribution in [0.3, 0.4) is 0 Å². The summed E-state index contributed by atoms with van der Waals surface area (Å²) in [5, 5.41) is 0. The van der Waals surface area contributed by atoms with E-state index in [9.17, 15) is 9.59 Å². The summed E-state index contributed by atoms with van der Waals surface area (Å²) in [4.78, 5) is 26.9. The number of primary amides is 1. The molecule has 5 nitrogen and oxygen atoms in total. The maximum atomic E-state index is 12.7. The molecule has 28 heavy (non-hydrogen) atoms. The molecule has 3 rings (SSSR count). The van der Waals surface area contributed by atoms with Gasteiger partial charge in [0.2, 0.25) is 5.91 Å². The van der Waals surface area contributed by atoms with Crippen molar-refractivity contribution in [2.75, 3.05) is 19.7 Å². The quantitative estimate of drug-likeness (QED) is 0.886. The van der Waals surface area contributed by atoms with Crippen molar-refractivity contribution < 1.29 is 14.3 Å². The molecule has 2 N–H and O–H groups in total. The average molecular weight is 380 g/mol. The topological polar surface area (TPSA) is 72.6 Å². The summed E-state index contributed by atoms with van der Waals surface area (Å²) < 4.78 is 5.90. The third-order valence-corrected chi connectivity index (χ3v) is 5.09. The maximum Gasteiger partial charge on any atom is 0.251 e. The van der Waals surface area contributed by atoms with Crippen LogP contribution in [0.25, 0.3) is 11.1 Å². The summed E-state index contributed by atoms with van der Waals surface area (Å²) in [6.07, 6.45) is 0.330. The first kappa shape index (κ1) is 20.1. The van der Waals surface area contributed by atoms with Gasteiger partial charge in [0.25, 0.3) is 5.91 Å². The highest BCUT2D eigenvalue weighted by Crippen LogP contribution is 2.28. The molecule has 1 fully saturated rings. The fraction of sp³-hybridized carbons (Fsp3) is 0.391. The molecule has 2 aromatic carbocycles. The van der Waals surface area contributed by atoms with Gasteiger partial charge in [0.15, 0.2) is 5.60 Å². The highest BCUT2D eigenvalue weighted by molar-refractivity contribution is 5.87. The van der Waals surface area contributed by atoms with Crippen molar-refractivity contribution in [3.63, 3.8) is 0 Å². The zero-order valence-electron chi connectivity index (χ0n) is 16.8. The zero-order chi connectivity index (χ0) is 20.4. The number of carbonyl (C=O) groups is 2. The van der Waals surface area contributed by atoms with Gasteiger partial charge in [-0.1, -0.05) is 75.4 Å². The summed E-state index contributed by atoms with van der Waals surface area (Å²) in [5.74, 6) is -0.538. The molecule has 0 bridgehead atoms. The van der Waals surface area contributed by atoms with Crippen LogP contribution in [0.2, 0.25) is 0 Å². The Hall–Kier alpha value is -2.66. The first-order valence-electron chi connectivity index (χ1n) is 9.59. The molecule has 5 heteroatoms. The number of nitrogens with zero attached hydrogens (tertiary/aromatic N) is 1. The van der Waals surface area contributed by atoms with Gasteiger partial charge in [0.1, 0.15) is 0 Å². The van der Waals surface area contributed by atoms with Gasteiger partial charge in [-0.05, 0) is 16.7 Å². The van der Waals surface area contributed by atoms with Crippen LogP contribution in [0.15, 0.2) is 54.6 Å². The molecular weight excluding hydrogens is 352 g/mol. The van der Waals surface area contributed by atoms with Gasteiger partial charge in [0.05, 0.1) is 13.2 Å². The maximum absolute atomic E-state index is 12.7. The number of amides is 2. The zero-order valence-corrected chi connectivity index (χ0v) is 16.8. The van der Waals surface area contributed by atoms with Crippen LogP contribution >= 0.6 is 0 Å². The van der Waals surface area contributed by atoms with Crippen molar-refractivity contribution in [3.05, 3.63) is 60.2 Å². The second-order valence-electron chi connectivity index (χ2n) is 8.43. The largest absolute Gasteiger partial charge is 0.367 e. The Bertz CT molecular complexity index is 858. The Kier molecular flexibility index (Phi) is 5.57. The highest BCUT2D eigenvalue weighted by atomic mass is 16.5. The Morgan fingerprint density at radius 3 is 2.39 bits per heavy atom. The van der Waals surface area contributed by atoms with Crippen molar-refractivity contribution in [1.29, 1.82) is 0 Å². The van der Waals surface area contributed by atoms with Crippen molar-refractivity contribution >= 4 is 11.8 Å². The predicted octanol–water partition coefficient (Wildman–Crippen LogP) is 3.03. The standard InChI is InChI=1S/C23H28N2O3/c1-22(2,3)21(27)25-12-13-28-23(16-25,20(24)26)15-17-8-7-11-19(14-17)18-9-5-4-6-10-18/h4-11,14H,12-13,15-16H2,1-3H3,(H2,24,26)/t23-/m1/s1. The lowest BCUT2D eigenvalue weighted by Crippen LogP contribution is -2.62. The molecule has 2 aromatic rings. The van der Waals surface area contributed by atoms with Crippen LogP contribution < -0.4 is 5.73 Å². The molecule has 1 saturated heterocycles. The van der Waals surface area contributed by atoms with E-state index in [4.69, 9.17) is 10.5 Å². The summed E-state index contributed by atoms with van der Waals surface area (Å²) in [6, 6.07) is 18.1. The normalized spacial score (nSPS) is 20.0. The van der Waals surface area contributed by atoms with E-state index in [1.54, 1.807) is 4.90 Å². The van der Waals surface area contributed by atoms with Crippen LogP contribution in [0, 0.1) is 5.41 Å². The molecule has 1 atom stereocenters. The summed E-state index contributed by atoms with van der Waals surface area (Å²) >= 11 is 0. The second kappa shape index (κ2) is 7.76. The van der Waals surface area contributed by atoms with Gasteiger partial charge in [-0.3, -0.25) is 9.59 Å². The number of nitrogens with two attached hydrogens (primary N) is 1.